The SMILES string of the molecule is CC(=O)N1CCN(C)[C@H](c2nnc3ccc(C(=O)NCc4cccs4)cn23)C1. The van der Waals surface area contributed by atoms with Gasteiger partial charge in [0.1, 0.15) is 0 Å². The smallest absolute Gasteiger partial charge is 0.253 e. The van der Waals surface area contributed by atoms with Crippen LogP contribution in [0.1, 0.15) is 34.0 Å². The summed E-state index contributed by atoms with van der Waals surface area (Å²) in [5.41, 5.74) is 1.23. The Kier molecular flexibility index (Phi) is 5.10. The fourth-order valence-corrected chi connectivity index (χ4v) is 4.04. The molecule has 3 aromatic heterocycles. The topological polar surface area (TPSA) is 82.8 Å². The van der Waals surface area contributed by atoms with Gasteiger partial charge in [-0.2, -0.15) is 0 Å². The summed E-state index contributed by atoms with van der Waals surface area (Å²) < 4.78 is 1.85. The maximum atomic E-state index is 12.6. The van der Waals surface area contributed by atoms with Gasteiger partial charge in [-0.15, -0.1) is 21.5 Å². The molecule has 3 aromatic rings. The van der Waals surface area contributed by atoms with Gasteiger partial charge in [0.05, 0.1) is 18.2 Å². The van der Waals surface area contributed by atoms with Crippen molar-refractivity contribution in [3.8, 4) is 0 Å². The first kappa shape index (κ1) is 18.6. The van der Waals surface area contributed by atoms with E-state index in [1.807, 2.05) is 33.9 Å². The number of carbonyl (C=O) groups excluding carboxylic acids is 2. The quantitative estimate of drug-likeness (QED) is 0.721. The van der Waals surface area contributed by atoms with Crippen molar-refractivity contribution in [2.24, 2.45) is 0 Å². The van der Waals surface area contributed by atoms with Gasteiger partial charge in [0.15, 0.2) is 11.5 Å². The van der Waals surface area contributed by atoms with Crippen molar-refractivity contribution in [2.45, 2.75) is 19.5 Å². The number of fused-ring (bicyclic) bond motifs is 1. The van der Waals surface area contributed by atoms with Crippen molar-refractivity contribution >= 4 is 28.8 Å². The van der Waals surface area contributed by atoms with Gasteiger partial charge in [0.2, 0.25) is 5.91 Å². The standard InChI is InChI=1S/C19H22N6O2S/c1-13(26)24-8-7-23(2)16(12-24)18-22-21-17-6-5-14(11-25(17)18)19(27)20-10-15-4-3-9-28-15/h3-6,9,11,16H,7-8,10,12H2,1-2H3,(H,20,27)/t16-/m0/s1. The van der Waals surface area contributed by atoms with E-state index in [0.29, 0.717) is 30.8 Å². The number of aromatic nitrogens is 3. The molecule has 0 saturated carbocycles. The second-order valence-electron chi connectivity index (χ2n) is 6.93. The molecular weight excluding hydrogens is 376 g/mol. The number of pyridine rings is 1. The van der Waals surface area contributed by atoms with E-state index in [9.17, 15) is 9.59 Å². The first-order valence-electron chi connectivity index (χ1n) is 9.14. The number of hydrogen-bond donors (Lipinski definition) is 1. The number of nitrogens with one attached hydrogen (secondary N) is 1. The highest BCUT2D eigenvalue weighted by atomic mass is 32.1. The van der Waals surface area contributed by atoms with Crippen LogP contribution in [0.25, 0.3) is 5.65 Å². The van der Waals surface area contributed by atoms with Crippen LogP contribution >= 0.6 is 11.3 Å². The molecule has 0 bridgehead atoms. The number of thiophene rings is 1. The molecule has 1 aliphatic heterocycles. The molecule has 0 spiro atoms. The summed E-state index contributed by atoms with van der Waals surface area (Å²) >= 11 is 1.61. The minimum Gasteiger partial charge on any atom is -0.347 e. The van der Waals surface area contributed by atoms with Gasteiger partial charge in [-0.3, -0.25) is 18.9 Å². The highest BCUT2D eigenvalue weighted by molar-refractivity contribution is 7.09. The van der Waals surface area contributed by atoms with Crippen molar-refractivity contribution in [2.75, 3.05) is 26.7 Å². The van der Waals surface area contributed by atoms with Crippen molar-refractivity contribution in [3.63, 3.8) is 0 Å². The maximum absolute atomic E-state index is 12.6. The number of carbonyl (C=O) groups is 2. The Morgan fingerprint density at radius 1 is 1.25 bits per heavy atom. The normalized spacial score (nSPS) is 17.8. The molecule has 4 rings (SSSR count). The van der Waals surface area contributed by atoms with Crippen LogP contribution in [0.4, 0.5) is 0 Å². The molecular formula is C19H22N6O2S. The third-order valence-corrected chi connectivity index (χ3v) is 5.96. The molecule has 4 heterocycles. The van der Waals surface area contributed by atoms with Gasteiger partial charge < -0.3 is 10.2 Å². The molecule has 1 N–H and O–H groups in total. The van der Waals surface area contributed by atoms with Crippen LogP contribution in [0.15, 0.2) is 35.8 Å². The van der Waals surface area contributed by atoms with Crippen molar-refractivity contribution in [1.29, 1.82) is 0 Å². The zero-order chi connectivity index (χ0) is 19.7. The van der Waals surface area contributed by atoms with Gasteiger partial charge in [0, 0.05) is 37.6 Å². The molecule has 0 aliphatic carbocycles. The summed E-state index contributed by atoms with van der Waals surface area (Å²) in [4.78, 5) is 29.5. The predicted molar refractivity (Wildman–Crippen MR) is 106 cm³/mol. The van der Waals surface area contributed by atoms with Crippen LogP contribution in [-0.4, -0.2) is 62.9 Å². The second-order valence-corrected chi connectivity index (χ2v) is 7.96. The molecule has 0 unspecified atom stereocenters. The second kappa shape index (κ2) is 7.69. The Bertz CT molecular complexity index is 999. The summed E-state index contributed by atoms with van der Waals surface area (Å²) in [6.07, 6.45) is 1.77. The first-order valence-corrected chi connectivity index (χ1v) is 10.0. The minimum atomic E-state index is -0.141. The number of amides is 2. The van der Waals surface area contributed by atoms with E-state index in [1.165, 1.54) is 0 Å². The molecule has 146 valence electrons. The predicted octanol–water partition coefficient (Wildman–Crippen LogP) is 1.56. The van der Waals surface area contributed by atoms with Crippen LogP contribution < -0.4 is 5.32 Å². The zero-order valence-electron chi connectivity index (χ0n) is 15.8. The van der Waals surface area contributed by atoms with E-state index in [-0.39, 0.29) is 17.9 Å². The minimum absolute atomic E-state index is 0.0561. The molecule has 9 heteroatoms. The van der Waals surface area contributed by atoms with Gasteiger partial charge in [-0.05, 0) is 30.6 Å². The van der Waals surface area contributed by atoms with E-state index in [2.05, 4.69) is 20.4 Å². The fourth-order valence-electron chi connectivity index (χ4n) is 3.39. The summed E-state index contributed by atoms with van der Waals surface area (Å²) in [5, 5.41) is 13.5. The van der Waals surface area contributed by atoms with E-state index in [4.69, 9.17) is 0 Å². The Hall–Kier alpha value is -2.78. The van der Waals surface area contributed by atoms with E-state index < -0.39 is 0 Å². The lowest BCUT2D eigenvalue weighted by atomic mass is 10.1. The van der Waals surface area contributed by atoms with Gasteiger partial charge >= 0.3 is 0 Å². The summed E-state index contributed by atoms with van der Waals surface area (Å²) in [6.45, 7) is 4.11. The van der Waals surface area contributed by atoms with Crippen LogP contribution in [0.5, 0.6) is 0 Å². The zero-order valence-corrected chi connectivity index (χ0v) is 16.6. The monoisotopic (exact) mass is 398 g/mol. The van der Waals surface area contributed by atoms with Crippen LogP contribution in [0.3, 0.4) is 0 Å². The fraction of sp³-hybridized carbons (Fsp3) is 0.368. The van der Waals surface area contributed by atoms with E-state index in [1.54, 1.807) is 36.6 Å². The largest absolute Gasteiger partial charge is 0.347 e. The van der Waals surface area contributed by atoms with Crippen molar-refractivity contribution in [1.82, 2.24) is 29.7 Å². The first-order chi connectivity index (χ1) is 13.5. The molecule has 1 saturated heterocycles. The van der Waals surface area contributed by atoms with Crippen LogP contribution in [-0.2, 0) is 11.3 Å². The Morgan fingerprint density at radius 2 is 2.11 bits per heavy atom. The molecule has 1 aliphatic rings. The molecule has 2 amide bonds. The van der Waals surface area contributed by atoms with Gasteiger partial charge in [-0.25, -0.2) is 0 Å². The maximum Gasteiger partial charge on any atom is 0.253 e. The lowest BCUT2D eigenvalue weighted by molar-refractivity contribution is -0.131. The van der Waals surface area contributed by atoms with E-state index >= 15 is 0 Å². The van der Waals surface area contributed by atoms with Crippen LogP contribution in [0, 0.1) is 0 Å². The molecule has 28 heavy (non-hydrogen) atoms. The van der Waals surface area contributed by atoms with Crippen molar-refractivity contribution in [3.05, 3.63) is 52.1 Å². The van der Waals surface area contributed by atoms with Crippen molar-refractivity contribution < 1.29 is 9.59 Å². The van der Waals surface area contributed by atoms with Crippen LogP contribution in [0.2, 0.25) is 0 Å². The average Bonchev–Trinajstić information content (AvgIpc) is 3.35. The molecule has 0 radical (unpaired) electrons. The van der Waals surface area contributed by atoms with Gasteiger partial charge in [0.25, 0.3) is 5.91 Å². The Balaban J connectivity index is 1.59. The number of rotatable bonds is 4. The number of likely N-dealkylation sites (N-methyl/N-ethyl adjacent to an activating group) is 1. The number of hydrogen-bond acceptors (Lipinski definition) is 6. The lowest BCUT2D eigenvalue weighted by Crippen LogP contribution is -2.48. The molecule has 1 fully saturated rings. The molecule has 1 atom stereocenters. The molecule has 0 aromatic carbocycles. The highest BCUT2D eigenvalue weighted by Gasteiger charge is 2.30. The summed E-state index contributed by atoms with van der Waals surface area (Å²) in [5.74, 6) is 0.647. The van der Waals surface area contributed by atoms with Gasteiger partial charge in [-0.1, -0.05) is 6.07 Å². The molecule has 8 nitrogen and oxygen atoms in total. The third kappa shape index (κ3) is 3.63. The Labute approximate surface area is 166 Å². The Morgan fingerprint density at radius 3 is 2.86 bits per heavy atom. The number of nitrogens with zero attached hydrogens (tertiary/aromatic N) is 5. The summed E-state index contributed by atoms with van der Waals surface area (Å²) in [7, 11) is 2.01. The summed E-state index contributed by atoms with van der Waals surface area (Å²) in [6, 6.07) is 7.43. The average molecular weight is 398 g/mol. The third-order valence-electron chi connectivity index (χ3n) is 5.09. The lowest BCUT2D eigenvalue weighted by Gasteiger charge is -2.38. The highest BCUT2D eigenvalue weighted by Crippen LogP contribution is 2.23. The number of piperazine rings is 1. The van der Waals surface area contributed by atoms with E-state index in [0.717, 1.165) is 17.2 Å².